The lowest BCUT2D eigenvalue weighted by Crippen LogP contribution is -2.24. The summed E-state index contributed by atoms with van der Waals surface area (Å²) < 4.78 is 26.3. The predicted octanol–water partition coefficient (Wildman–Crippen LogP) is 2.90. The molecular weight excluding hydrogens is 208 g/mol. The van der Waals surface area contributed by atoms with Crippen LogP contribution in [0, 0.1) is 17.6 Å². The molecule has 0 heterocycles. The Balaban J connectivity index is 1.88. The van der Waals surface area contributed by atoms with E-state index < -0.39 is 11.6 Å². The molecule has 1 aromatic carbocycles. The number of hydrogen-bond acceptors (Lipinski definition) is 1. The van der Waals surface area contributed by atoms with Gasteiger partial charge in [-0.05, 0) is 43.4 Å². The third-order valence-electron chi connectivity index (χ3n) is 2.93. The fraction of sp³-hybridized carbons (Fsp3) is 0.538. The molecule has 1 nitrogen and oxygen atoms in total. The van der Waals surface area contributed by atoms with E-state index in [0.29, 0.717) is 23.9 Å². The molecule has 1 N–H and O–H groups in total. The van der Waals surface area contributed by atoms with Crippen molar-refractivity contribution in [3.05, 3.63) is 35.4 Å². The molecule has 0 bridgehead atoms. The summed E-state index contributed by atoms with van der Waals surface area (Å²) in [7, 11) is 0. The molecule has 0 radical (unpaired) electrons. The van der Waals surface area contributed by atoms with Gasteiger partial charge in [0.1, 0.15) is 0 Å². The molecule has 88 valence electrons. The van der Waals surface area contributed by atoms with Gasteiger partial charge in [0.05, 0.1) is 0 Å². The second kappa shape index (κ2) is 4.91. The topological polar surface area (TPSA) is 12.0 Å². The average molecular weight is 225 g/mol. The van der Waals surface area contributed by atoms with Gasteiger partial charge in [-0.3, -0.25) is 0 Å². The van der Waals surface area contributed by atoms with Crippen LogP contribution in [0.25, 0.3) is 0 Å². The maximum atomic E-state index is 13.4. The van der Waals surface area contributed by atoms with E-state index in [0.717, 1.165) is 12.6 Å². The third-order valence-corrected chi connectivity index (χ3v) is 2.93. The van der Waals surface area contributed by atoms with Crippen LogP contribution >= 0.6 is 0 Å². The van der Waals surface area contributed by atoms with E-state index in [1.54, 1.807) is 12.1 Å². The van der Waals surface area contributed by atoms with Crippen molar-refractivity contribution in [2.24, 2.45) is 5.92 Å². The summed E-state index contributed by atoms with van der Waals surface area (Å²) in [4.78, 5) is 0. The van der Waals surface area contributed by atoms with E-state index in [-0.39, 0.29) is 0 Å². The van der Waals surface area contributed by atoms with Gasteiger partial charge >= 0.3 is 0 Å². The molecule has 1 unspecified atom stereocenters. The van der Waals surface area contributed by atoms with Crippen LogP contribution in [0.4, 0.5) is 8.78 Å². The van der Waals surface area contributed by atoms with Crippen LogP contribution in [0.5, 0.6) is 0 Å². The summed E-state index contributed by atoms with van der Waals surface area (Å²) >= 11 is 0. The van der Waals surface area contributed by atoms with Crippen LogP contribution in [0.1, 0.15) is 25.3 Å². The van der Waals surface area contributed by atoms with E-state index in [9.17, 15) is 8.78 Å². The quantitative estimate of drug-likeness (QED) is 0.812. The maximum absolute atomic E-state index is 13.4. The monoisotopic (exact) mass is 225 g/mol. The van der Waals surface area contributed by atoms with E-state index >= 15 is 0 Å². The summed E-state index contributed by atoms with van der Waals surface area (Å²) in [6, 6.07) is 5.05. The Hall–Kier alpha value is -0.960. The molecule has 0 saturated heterocycles. The Bertz CT molecular complexity index is 361. The van der Waals surface area contributed by atoms with Crippen molar-refractivity contribution in [1.29, 1.82) is 0 Å². The molecule has 0 aliphatic heterocycles. The van der Waals surface area contributed by atoms with Crippen LogP contribution in [-0.2, 0) is 6.42 Å². The van der Waals surface area contributed by atoms with Gasteiger partial charge in [-0.25, -0.2) is 8.78 Å². The number of halogens is 2. The van der Waals surface area contributed by atoms with Gasteiger partial charge in [-0.1, -0.05) is 19.1 Å². The number of rotatable bonds is 5. The average Bonchev–Trinajstić information content (AvgIpc) is 3.06. The van der Waals surface area contributed by atoms with Crippen LogP contribution in [0.15, 0.2) is 18.2 Å². The fourth-order valence-corrected chi connectivity index (χ4v) is 1.81. The highest BCUT2D eigenvalue weighted by Gasteiger charge is 2.21. The lowest BCUT2D eigenvalue weighted by atomic mass is 10.0. The molecule has 3 heteroatoms. The van der Waals surface area contributed by atoms with Gasteiger partial charge in [0, 0.05) is 6.04 Å². The molecule has 1 aromatic rings. The molecule has 1 atom stereocenters. The minimum Gasteiger partial charge on any atom is -0.314 e. The van der Waals surface area contributed by atoms with Crippen molar-refractivity contribution in [2.45, 2.75) is 32.2 Å². The zero-order chi connectivity index (χ0) is 11.5. The lowest BCUT2D eigenvalue weighted by molar-refractivity contribution is 0.469. The normalized spacial score (nSPS) is 17.4. The first-order valence-corrected chi connectivity index (χ1v) is 5.83. The summed E-state index contributed by atoms with van der Waals surface area (Å²) in [6.07, 6.45) is 3.09. The van der Waals surface area contributed by atoms with Crippen LogP contribution in [-0.4, -0.2) is 12.6 Å². The minimum absolute atomic E-state index is 0.330. The summed E-state index contributed by atoms with van der Waals surface area (Å²) in [5, 5.41) is 3.39. The van der Waals surface area contributed by atoms with E-state index in [2.05, 4.69) is 12.2 Å². The Morgan fingerprint density at radius 3 is 2.81 bits per heavy atom. The van der Waals surface area contributed by atoms with Crippen LogP contribution < -0.4 is 5.32 Å². The van der Waals surface area contributed by atoms with Crippen LogP contribution in [0.3, 0.4) is 0 Å². The van der Waals surface area contributed by atoms with Gasteiger partial charge in [0.25, 0.3) is 0 Å². The highest BCUT2D eigenvalue weighted by molar-refractivity contribution is 5.19. The van der Waals surface area contributed by atoms with Gasteiger partial charge in [0.15, 0.2) is 11.6 Å². The van der Waals surface area contributed by atoms with Crippen molar-refractivity contribution in [2.75, 3.05) is 6.54 Å². The maximum Gasteiger partial charge on any atom is 0.162 e. The minimum atomic E-state index is -0.750. The summed E-state index contributed by atoms with van der Waals surface area (Å²) in [5.41, 5.74) is 0.477. The molecule has 0 spiro atoms. The molecule has 1 saturated carbocycles. The molecule has 0 amide bonds. The molecule has 1 aliphatic rings. The SMILES string of the molecule is CC(CNC1CC1)Cc1cccc(F)c1F. The fourth-order valence-electron chi connectivity index (χ4n) is 1.81. The van der Waals surface area contributed by atoms with Crippen molar-refractivity contribution < 1.29 is 8.78 Å². The van der Waals surface area contributed by atoms with E-state index in [1.807, 2.05) is 0 Å². The second-order valence-corrected chi connectivity index (χ2v) is 4.70. The van der Waals surface area contributed by atoms with Crippen molar-refractivity contribution >= 4 is 0 Å². The molecule has 1 aliphatic carbocycles. The molecule has 16 heavy (non-hydrogen) atoms. The second-order valence-electron chi connectivity index (χ2n) is 4.70. The first-order chi connectivity index (χ1) is 7.66. The molecule has 0 aromatic heterocycles. The van der Waals surface area contributed by atoms with Gasteiger partial charge in [-0.2, -0.15) is 0 Å². The smallest absolute Gasteiger partial charge is 0.162 e. The number of nitrogens with one attached hydrogen (secondary N) is 1. The van der Waals surface area contributed by atoms with Crippen molar-refractivity contribution in [1.82, 2.24) is 5.32 Å². The Kier molecular flexibility index (Phi) is 3.54. The Morgan fingerprint density at radius 1 is 1.38 bits per heavy atom. The predicted molar refractivity (Wildman–Crippen MR) is 60.3 cm³/mol. The summed E-state index contributed by atoms with van der Waals surface area (Å²) in [5.74, 6) is -1.11. The Labute approximate surface area is 94.9 Å². The first kappa shape index (κ1) is 11.5. The summed E-state index contributed by atoms with van der Waals surface area (Å²) in [6.45, 7) is 2.93. The van der Waals surface area contributed by atoms with Gasteiger partial charge < -0.3 is 5.32 Å². The van der Waals surface area contributed by atoms with Gasteiger partial charge in [0.2, 0.25) is 0 Å². The number of hydrogen-bond donors (Lipinski definition) is 1. The highest BCUT2D eigenvalue weighted by atomic mass is 19.2. The zero-order valence-electron chi connectivity index (χ0n) is 9.47. The van der Waals surface area contributed by atoms with Crippen molar-refractivity contribution in [3.63, 3.8) is 0 Å². The molecule has 2 rings (SSSR count). The Morgan fingerprint density at radius 2 is 2.12 bits per heavy atom. The van der Waals surface area contributed by atoms with E-state index in [1.165, 1.54) is 12.8 Å². The van der Waals surface area contributed by atoms with Crippen molar-refractivity contribution in [3.8, 4) is 0 Å². The lowest BCUT2D eigenvalue weighted by Gasteiger charge is -2.12. The third kappa shape index (κ3) is 3.01. The van der Waals surface area contributed by atoms with E-state index in [4.69, 9.17) is 0 Å². The van der Waals surface area contributed by atoms with Crippen LogP contribution in [0.2, 0.25) is 0 Å². The molecule has 1 fully saturated rings. The number of benzene rings is 1. The molecular formula is C13H17F2N. The standard InChI is InChI=1S/C13H17F2N/c1-9(8-16-11-5-6-11)7-10-3-2-4-12(14)13(10)15/h2-4,9,11,16H,5-8H2,1H3. The zero-order valence-corrected chi connectivity index (χ0v) is 9.47. The largest absolute Gasteiger partial charge is 0.314 e. The highest BCUT2D eigenvalue weighted by Crippen LogP contribution is 2.20. The first-order valence-electron chi connectivity index (χ1n) is 5.83. The van der Waals surface area contributed by atoms with Gasteiger partial charge in [-0.15, -0.1) is 0 Å².